The van der Waals surface area contributed by atoms with E-state index in [0.29, 0.717) is 4.31 Å². The predicted molar refractivity (Wildman–Crippen MR) is 55.1 cm³/mol. The molecule has 0 fully saturated rings. The molecule has 0 saturated carbocycles. The van der Waals surface area contributed by atoms with E-state index in [0.717, 1.165) is 7.05 Å². The molecule has 0 aromatic carbocycles. The van der Waals surface area contributed by atoms with Gasteiger partial charge in [-0.25, -0.2) is 17.2 Å². The Bertz CT molecular complexity index is 486. The zero-order valence-electron chi connectivity index (χ0n) is 9.31. The fourth-order valence-corrected chi connectivity index (χ4v) is 2.83. The van der Waals surface area contributed by atoms with E-state index in [4.69, 9.17) is 5.11 Å². The average molecular weight is 269 g/mol. The lowest BCUT2D eigenvalue weighted by atomic mass is 10.4. The van der Waals surface area contributed by atoms with E-state index in [1.807, 2.05) is 0 Å². The van der Waals surface area contributed by atoms with E-state index in [2.05, 4.69) is 10.2 Å². The van der Waals surface area contributed by atoms with Gasteiger partial charge in [-0.2, -0.15) is 9.40 Å². The number of aromatic amines is 1. The van der Waals surface area contributed by atoms with Crippen LogP contribution in [0.1, 0.15) is 11.4 Å². The van der Waals surface area contributed by atoms with Crippen LogP contribution in [0.2, 0.25) is 0 Å². The molecule has 1 rings (SSSR count). The van der Waals surface area contributed by atoms with Gasteiger partial charge in [0.25, 0.3) is 6.43 Å². The zero-order chi connectivity index (χ0) is 13.2. The minimum atomic E-state index is -4.06. The summed E-state index contributed by atoms with van der Waals surface area (Å²) in [6.07, 6.45) is -2.76. The van der Waals surface area contributed by atoms with Crippen molar-refractivity contribution in [3.05, 3.63) is 11.4 Å². The van der Waals surface area contributed by atoms with Crippen LogP contribution in [0.3, 0.4) is 0 Å². The molecule has 9 heteroatoms. The number of halogens is 2. The summed E-state index contributed by atoms with van der Waals surface area (Å²) in [7, 11) is -3.01. The van der Waals surface area contributed by atoms with Gasteiger partial charge in [0, 0.05) is 7.05 Å². The summed E-state index contributed by atoms with van der Waals surface area (Å²) in [4.78, 5) is -0.247. The van der Waals surface area contributed by atoms with Crippen LogP contribution in [0, 0.1) is 6.92 Å². The first kappa shape index (κ1) is 14.0. The second kappa shape index (κ2) is 5.07. The van der Waals surface area contributed by atoms with Crippen molar-refractivity contribution in [1.82, 2.24) is 14.5 Å². The van der Waals surface area contributed by atoms with Crippen LogP contribution < -0.4 is 0 Å². The Morgan fingerprint density at radius 1 is 1.53 bits per heavy atom. The third-order valence-electron chi connectivity index (χ3n) is 2.17. The fourth-order valence-electron chi connectivity index (χ4n) is 1.37. The van der Waals surface area contributed by atoms with E-state index in [-0.39, 0.29) is 16.3 Å². The van der Waals surface area contributed by atoms with Gasteiger partial charge in [-0.3, -0.25) is 5.10 Å². The van der Waals surface area contributed by atoms with Crippen LogP contribution in [0.4, 0.5) is 8.78 Å². The van der Waals surface area contributed by atoms with Gasteiger partial charge in [0.15, 0.2) is 0 Å². The summed E-state index contributed by atoms with van der Waals surface area (Å²) in [5, 5.41) is 14.9. The number of nitrogens with zero attached hydrogens (tertiary/aromatic N) is 2. The number of sulfonamides is 1. The van der Waals surface area contributed by atoms with Crippen LogP contribution in [-0.4, -0.2) is 48.0 Å². The summed E-state index contributed by atoms with van der Waals surface area (Å²) >= 11 is 0. The molecule has 1 heterocycles. The number of aliphatic hydroxyl groups is 1. The van der Waals surface area contributed by atoms with Crippen molar-refractivity contribution in [2.24, 2.45) is 0 Å². The molecule has 0 aliphatic carbocycles. The molecule has 17 heavy (non-hydrogen) atoms. The average Bonchev–Trinajstić information content (AvgIpc) is 2.58. The fraction of sp³-hybridized carbons (Fsp3) is 0.625. The topological polar surface area (TPSA) is 86.3 Å². The molecule has 0 saturated heterocycles. The predicted octanol–water partition coefficient (Wildman–Crippen LogP) is 0.0960. The standard InChI is InChI=1S/C8H13F2N3O3S/c1-5-8(6(4-14)12-11-5)17(15,16)13(2)3-7(9)10/h7,14H,3-4H2,1-2H3,(H,11,12). The van der Waals surface area contributed by atoms with Gasteiger partial charge in [0.05, 0.1) is 18.8 Å². The van der Waals surface area contributed by atoms with Gasteiger partial charge in [-0.15, -0.1) is 0 Å². The number of alkyl halides is 2. The number of aryl methyl sites for hydroxylation is 1. The summed E-state index contributed by atoms with van der Waals surface area (Å²) in [5.74, 6) is 0. The normalized spacial score (nSPS) is 12.6. The van der Waals surface area contributed by atoms with E-state index in [1.165, 1.54) is 6.92 Å². The number of aliphatic hydroxyl groups excluding tert-OH is 1. The minimum absolute atomic E-state index is 0.0800. The molecule has 0 bridgehead atoms. The largest absolute Gasteiger partial charge is 0.390 e. The van der Waals surface area contributed by atoms with Crippen LogP contribution >= 0.6 is 0 Å². The highest BCUT2D eigenvalue weighted by atomic mass is 32.2. The molecule has 0 amide bonds. The molecule has 0 aliphatic rings. The van der Waals surface area contributed by atoms with Crippen molar-refractivity contribution in [3.63, 3.8) is 0 Å². The maximum atomic E-state index is 12.2. The lowest BCUT2D eigenvalue weighted by Crippen LogP contribution is -2.32. The number of H-pyrrole nitrogens is 1. The first-order valence-corrected chi connectivity index (χ1v) is 6.14. The molecular weight excluding hydrogens is 256 g/mol. The van der Waals surface area contributed by atoms with E-state index in [1.54, 1.807) is 0 Å². The number of nitrogens with one attached hydrogen (secondary N) is 1. The smallest absolute Gasteiger partial charge is 0.252 e. The third kappa shape index (κ3) is 2.79. The highest BCUT2D eigenvalue weighted by molar-refractivity contribution is 7.89. The van der Waals surface area contributed by atoms with Crippen LogP contribution in [0.5, 0.6) is 0 Å². The molecule has 0 unspecified atom stereocenters. The molecule has 2 N–H and O–H groups in total. The molecule has 1 aromatic rings. The second-order valence-electron chi connectivity index (χ2n) is 3.46. The summed E-state index contributed by atoms with van der Waals surface area (Å²) in [6.45, 7) is -0.0471. The van der Waals surface area contributed by atoms with Gasteiger partial charge >= 0.3 is 0 Å². The Kier molecular flexibility index (Phi) is 4.17. The van der Waals surface area contributed by atoms with E-state index >= 15 is 0 Å². The van der Waals surface area contributed by atoms with Crippen molar-refractivity contribution < 1.29 is 22.3 Å². The maximum absolute atomic E-state index is 12.2. The number of hydrogen-bond acceptors (Lipinski definition) is 4. The van der Waals surface area contributed by atoms with E-state index in [9.17, 15) is 17.2 Å². The molecule has 98 valence electrons. The molecule has 0 spiro atoms. The Morgan fingerprint density at radius 3 is 2.59 bits per heavy atom. The second-order valence-corrected chi connectivity index (χ2v) is 5.44. The lowest BCUT2D eigenvalue weighted by molar-refractivity contribution is 0.126. The van der Waals surface area contributed by atoms with Gasteiger partial charge in [0.1, 0.15) is 10.6 Å². The van der Waals surface area contributed by atoms with Gasteiger partial charge in [-0.1, -0.05) is 0 Å². The van der Waals surface area contributed by atoms with Gasteiger partial charge in [0.2, 0.25) is 10.0 Å². The Labute approximate surface area is 97.3 Å². The third-order valence-corrected chi connectivity index (χ3v) is 4.20. The van der Waals surface area contributed by atoms with Crippen molar-refractivity contribution in [2.45, 2.75) is 24.9 Å². The van der Waals surface area contributed by atoms with Gasteiger partial charge < -0.3 is 5.11 Å². The highest BCUT2D eigenvalue weighted by Gasteiger charge is 2.29. The Balaban J connectivity index is 3.17. The van der Waals surface area contributed by atoms with Gasteiger partial charge in [-0.05, 0) is 6.92 Å². The monoisotopic (exact) mass is 269 g/mol. The molecular formula is C8H13F2N3O3S. The van der Waals surface area contributed by atoms with Crippen molar-refractivity contribution in [3.8, 4) is 0 Å². The molecule has 0 radical (unpaired) electrons. The SMILES string of the molecule is Cc1[nH]nc(CO)c1S(=O)(=O)N(C)CC(F)F. The number of aromatic nitrogens is 2. The maximum Gasteiger partial charge on any atom is 0.252 e. The first-order valence-electron chi connectivity index (χ1n) is 4.70. The Morgan fingerprint density at radius 2 is 2.12 bits per heavy atom. The van der Waals surface area contributed by atoms with Crippen LogP contribution in [0.15, 0.2) is 4.90 Å². The summed E-state index contributed by atoms with van der Waals surface area (Å²) < 4.78 is 48.8. The van der Waals surface area contributed by atoms with E-state index < -0.39 is 29.6 Å². The van der Waals surface area contributed by atoms with Crippen molar-refractivity contribution >= 4 is 10.0 Å². The molecule has 1 aromatic heterocycles. The first-order chi connectivity index (χ1) is 7.80. The summed E-state index contributed by atoms with van der Waals surface area (Å²) in [5.41, 5.74) is 0.124. The van der Waals surface area contributed by atoms with Crippen LogP contribution in [0.25, 0.3) is 0 Å². The van der Waals surface area contributed by atoms with Crippen molar-refractivity contribution in [1.29, 1.82) is 0 Å². The minimum Gasteiger partial charge on any atom is -0.390 e. The van der Waals surface area contributed by atoms with Crippen LogP contribution in [-0.2, 0) is 16.6 Å². The number of rotatable bonds is 5. The lowest BCUT2D eigenvalue weighted by Gasteiger charge is -2.16. The molecule has 0 atom stereocenters. The van der Waals surface area contributed by atoms with Crippen molar-refractivity contribution in [2.75, 3.05) is 13.6 Å². The quantitative estimate of drug-likeness (QED) is 0.793. The zero-order valence-corrected chi connectivity index (χ0v) is 10.1. The molecule has 6 nitrogen and oxygen atoms in total. The molecule has 0 aliphatic heterocycles. The number of hydrogen-bond donors (Lipinski definition) is 2. The summed E-state index contributed by atoms with van der Waals surface area (Å²) in [6, 6.07) is 0. The highest BCUT2D eigenvalue weighted by Crippen LogP contribution is 2.21. The Hall–Kier alpha value is -1.06.